The lowest BCUT2D eigenvalue weighted by molar-refractivity contribution is -0.141. The van der Waals surface area contributed by atoms with Crippen LogP contribution in [0.5, 0.6) is 0 Å². The molecule has 3 N–H and O–H groups in total. The van der Waals surface area contributed by atoms with Crippen LogP contribution in [0.4, 0.5) is 4.79 Å². The maximum Gasteiger partial charge on any atom is 0.315 e. The minimum Gasteiger partial charge on any atom is -0.481 e. The van der Waals surface area contributed by atoms with Gasteiger partial charge >= 0.3 is 12.0 Å². The maximum absolute atomic E-state index is 12.0. The molecule has 0 atom stereocenters. The zero-order valence-corrected chi connectivity index (χ0v) is 11.9. The summed E-state index contributed by atoms with van der Waals surface area (Å²) in [6, 6.07) is 0.247. The fraction of sp³-hybridized carbons (Fsp3) is 0.867. The SMILES string of the molecule is O=C(O)CC1(CNC(=O)NC(C2CC2)C2CC2)CCC1. The molecule has 3 aliphatic rings. The average molecular weight is 280 g/mol. The predicted octanol–water partition coefficient (Wildman–Crippen LogP) is 2.12. The first kappa shape index (κ1) is 13.7. The molecule has 0 heterocycles. The van der Waals surface area contributed by atoms with Crippen molar-refractivity contribution in [3.8, 4) is 0 Å². The maximum atomic E-state index is 12.0. The summed E-state index contributed by atoms with van der Waals surface area (Å²) >= 11 is 0. The molecule has 112 valence electrons. The van der Waals surface area contributed by atoms with E-state index in [-0.39, 0.29) is 17.9 Å². The molecule has 0 saturated heterocycles. The van der Waals surface area contributed by atoms with Gasteiger partial charge in [0.05, 0.1) is 6.42 Å². The first-order valence-electron chi connectivity index (χ1n) is 7.84. The third-order valence-electron chi connectivity index (χ3n) is 5.12. The minimum absolute atomic E-state index is 0.106. The summed E-state index contributed by atoms with van der Waals surface area (Å²) < 4.78 is 0. The molecule has 20 heavy (non-hydrogen) atoms. The molecule has 5 nitrogen and oxygen atoms in total. The Balaban J connectivity index is 1.45. The second kappa shape index (κ2) is 5.26. The Morgan fingerprint density at radius 1 is 1.15 bits per heavy atom. The molecule has 3 rings (SSSR count). The Labute approximate surface area is 119 Å². The van der Waals surface area contributed by atoms with E-state index in [2.05, 4.69) is 10.6 Å². The third-order valence-corrected chi connectivity index (χ3v) is 5.12. The quantitative estimate of drug-likeness (QED) is 0.668. The Morgan fingerprint density at radius 3 is 2.15 bits per heavy atom. The van der Waals surface area contributed by atoms with Gasteiger partial charge in [-0.25, -0.2) is 4.79 Å². The van der Waals surface area contributed by atoms with Crippen LogP contribution >= 0.6 is 0 Å². The molecule has 3 saturated carbocycles. The molecular formula is C15H24N2O3. The van der Waals surface area contributed by atoms with E-state index < -0.39 is 5.97 Å². The van der Waals surface area contributed by atoms with Crippen molar-refractivity contribution in [3.63, 3.8) is 0 Å². The number of urea groups is 1. The van der Waals surface area contributed by atoms with E-state index in [1.165, 1.54) is 25.7 Å². The molecule has 3 aliphatic carbocycles. The summed E-state index contributed by atoms with van der Waals surface area (Å²) in [5.74, 6) is 0.607. The van der Waals surface area contributed by atoms with Crippen LogP contribution in [-0.2, 0) is 4.79 Å². The number of carbonyl (C=O) groups is 2. The van der Waals surface area contributed by atoms with Gasteiger partial charge in [0.2, 0.25) is 0 Å². The lowest BCUT2D eigenvalue weighted by Crippen LogP contribution is -2.49. The Hall–Kier alpha value is -1.26. The third kappa shape index (κ3) is 3.25. The number of carbonyl (C=O) groups excluding carboxylic acids is 1. The van der Waals surface area contributed by atoms with Crippen molar-refractivity contribution < 1.29 is 14.7 Å². The van der Waals surface area contributed by atoms with Crippen LogP contribution in [0, 0.1) is 17.3 Å². The standard InChI is InChI=1S/C15H24N2O3/c18-12(19)8-15(6-1-7-15)9-16-14(20)17-13(10-2-3-10)11-4-5-11/h10-11,13H,1-9H2,(H,18,19)(H2,16,17,20). The molecule has 0 aliphatic heterocycles. The number of carboxylic acid groups (broad SMARTS) is 1. The molecule has 0 aromatic carbocycles. The van der Waals surface area contributed by atoms with Crippen LogP contribution in [0.25, 0.3) is 0 Å². The van der Waals surface area contributed by atoms with E-state index in [0.29, 0.717) is 24.4 Å². The number of amides is 2. The number of hydrogen-bond donors (Lipinski definition) is 3. The number of carboxylic acids is 1. The van der Waals surface area contributed by atoms with Crippen molar-refractivity contribution in [2.45, 2.75) is 57.4 Å². The molecule has 0 aromatic heterocycles. The number of nitrogens with one attached hydrogen (secondary N) is 2. The number of hydrogen-bond acceptors (Lipinski definition) is 2. The topological polar surface area (TPSA) is 78.4 Å². The second-order valence-corrected chi connectivity index (χ2v) is 6.95. The van der Waals surface area contributed by atoms with Gasteiger partial charge in [0, 0.05) is 12.6 Å². The lowest BCUT2D eigenvalue weighted by Gasteiger charge is -2.40. The van der Waals surface area contributed by atoms with Crippen LogP contribution in [0.1, 0.15) is 51.4 Å². The highest BCUT2D eigenvalue weighted by Gasteiger charge is 2.43. The van der Waals surface area contributed by atoms with Gasteiger partial charge < -0.3 is 15.7 Å². The summed E-state index contributed by atoms with van der Waals surface area (Å²) in [5.41, 5.74) is -0.197. The Bertz CT molecular complexity index is 386. The zero-order chi connectivity index (χ0) is 14.2. The first-order chi connectivity index (χ1) is 9.58. The fourth-order valence-corrected chi connectivity index (χ4v) is 3.42. The normalized spacial score (nSPS) is 24.1. The van der Waals surface area contributed by atoms with E-state index in [4.69, 9.17) is 5.11 Å². The van der Waals surface area contributed by atoms with Crippen LogP contribution < -0.4 is 10.6 Å². The Kier molecular flexibility index (Phi) is 3.61. The highest BCUT2D eigenvalue weighted by Crippen LogP contribution is 2.45. The zero-order valence-electron chi connectivity index (χ0n) is 11.9. The van der Waals surface area contributed by atoms with Crippen molar-refractivity contribution in [3.05, 3.63) is 0 Å². The number of aliphatic carboxylic acids is 1. The van der Waals surface area contributed by atoms with Gasteiger partial charge in [-0.1, -0.05) is 6.42 Å². The van der Waals surface area contributed by atoms with E-state index in [9.17, 15) is 9.59 Å². The van der Waals surface area contributed by atoms with E-state index in [1.807, 2.05) is 0 Å². The molecule has 3 fully saturated rings. The summed E-state index contributed by atoms with van der Waals surface area (Å²) in [5, 5.41) is 15.0. The van der Waals surface area contributed by atoms with Gasteiger partial charge in [-0.05, 0) is 55.8 Å². The van der Waals surface area contributed by atoms with Gasteiger partial charge in [0.25, 0.3) is 0 Å². The largest absolute Gasteiger partial charge is 0.481 e. The Morgan fingerprint density at radius 2 is 1.75 bits per heavy atom. The summed E-state index contributed by atoms with van der Waals surface area (Å²) in [7, 11) is 0. The van der Waals surface area contributed by atoms with Gasteiger partial charge in [0.15, 0.2) is 0 Å². The lowest BCUT2D eigenvalue weighted by atomic mass is 9.66. The first-order valence-corrected chi connectivity index (χ1v) is 7.84. The highest BCUT2D eigenvalue weighted by atomic mass is 16.4. The molecule has 5 heteroatoms. The van der Waals surface area contributed by atoms with Crippen molar-refractivity contribution in [2.24, 2.45) is 17.3 Å². The fourth-order valence-electron chi connectivity index (χ4n) is 3.42. The van der Waals surface area contributed by atoms with Crippen LogP contribution in [0.15, 0.2) is 0 Å². The molecule has 0 spiro atoms. The van der Waals surface area contributed by atoms with E-state index in [0.717, 1.165) is 19.3 Å². The molecule has 2 amide bonds. The molecule has 0 bridgehead atoms. The average Bonchev–Trinajstić information content (AvgIpc) is 3.22. The second-order valence-electron chi connectivity index (χ2n) is 6.95. The number of rotatable bonds is 7. The van der Waals surface area contributed by atoms with Gasteiger partial charge in [-0.15, -0.1) is 0 Å². The van der Waals surface area contributed by atoms with Crippen LogP contribution in [-0.4, -0.2) is 29.7 Å². The van der Waals surface area contributed by atoms with Crippen molar-refractivity contribution >= 4 is 12.0 Å². The van der Waals surface area contributed by atoms with Gasteiger partial charge in [-0.2, -0.15) is 0 Å². The highest BCUT2D eigenvalue weighted by molar-refractivity contribution is 5.74. The van der Waals surface area contributed by atoms with Crippen molar-refractivity contribution in [2.75, 3.05) is 6.54 Å². The van der Waals surface area contributed by atoms with Crippen LogP contribution in [0.3, 0.4) is 0 Å². The van der Waals surface area contributed by atoms with Gasteiger partial charge in [-0.3, -0.25) is 4.79 Å². The van der Waals surface area contributed by atoms with Crippen molar-refractivity contribution in [1.29, 1.82) is 0 Å². The summed E-state index contributed by atoms with van der Waals surface area (Å²) in [6.45, 7) is 0.493. The minimum atomic E-state index is -0.763. The predicted molar refractivity (Wildman–Crippen MR) is 74.3 cm³/mol. The molecule has 0 aromatic rings. The molecule has 0 radical (unpaired) electrons. The summed E-state index contributed by atoms with van der Waals surface area (Å²) in [4.78, 5) is 22.9. The van der Waals surface area contributed by atoms with Gasteiger partial charge in [0.1, 0.15) is 0 Å². The smallest absolute Gasteiger partial charge is 0.315 e. The molecular weight excluding hydrogens is 256 g/mol. The molecule has 0 unspecified atom stereocenters. The van der Waals surface area contributed by atoms with Crippen LogP contribution in [0.2, 0.25) is 0 Å². The monoisotopic (exact) mass is 280 g/mol. The van der Waals surface area contributed by atoms with E-state index in [1.54, 1.807) is 0 Å². The van der Waals surface area contributed by atoms with Crippen molar-refractivity contribution in [1.82, 2.24) is 10.6 Å². The summed E-state index contributed by atoms with van der Waals surface area (Å²) in [6.07, 6.45) is 8.03. The van der Waals surface area contributed by atoms with E-state index >= 15 is 0 Å².